The van der Waals surface area contributed by atoms with Gasteiger partial charge >= 0.3 is 0 Å². The maximum absolute atomic E-state index is 13.1. The van der Waals surface area contributed by atoms with Gasteiger partial charge in [0.1, 0.15) is 18.5 Å². The van der Waals surface area contributed by atoms with Gasteiger partial charge in [-0.2, -0.15) is 0 Å². The van der Waals surface area contributed by atoms with Crippen LogP contribution in [0, 0.1) is 5.82 Å². The number of nitrogens with two attached hydrogens (primary N) is 1. The fourth-order valence-corrected chi connectivity index (χ4v) is 1.41. The third kappa shape index (κ3) is 1.55. The summed E-state index contributed by atoms with van der Waals surface area (Å²) in [6.45, 7) is 2.27. The van der Waals surface area contributed by atoms with Crippen LogP contribution in [0.15, 0.2) is 23.2 Å². The fourth-order valence-electron chi connectivity index (χ4n) is 1.41. The van der Waals surface area contributed by atoms with E-state index in [-0.39, 0.29) is 11.7 Å². The van der Waals surface area contributed by atoms with Crippen LogP contribution in [0.1, 0.15) is 18.5 Å². The molecule has 1 aromatic rings. The number of aliphatic imine (C=N–C) groups is 1. The van der Waals surface area contributed by atoms with E-state index in [1.54, 1.807) is 19.1 Å². The number of nitrogens with zero attached hydrogens (tertiary/aromatic N) is 1. The molecule has 4 heteroatoms. The molecule has 0 fully saturated rings. The Labute approximate surface area is 81.4 Å². The summed E-state index contributed by atoms with van der Waals surface area (Å²) in [6, 6.07) is 4.64. The number of halogens is 1. The van der Waals surface area contributed by atoms with Crippen LogP contribution >= 0.6 is 0 Å². The van der Waals surface area contributed by atoms with Gasteiger partial charge < -0.3 is 10.5 Å². The second-order valence-corrected chi connectivity index (χ2v) is 3.26. The molecular weight excluding hydrogens is 183 g/mol. The molecule has 0 amide bonds. The summed E-state index contributed by atoms with van der Waals surface area (Å²) >= 11 is 0. The molecular formula is C10H11FN2O. The highest BCUT2D eigenvalue weighted by Crippen LogP contribution is 2.25. The van der Waals surface area contributed by atoms with Crippen molar-refractivity contribution in [2.75, 3.05) is 12.3 Å². The summed E-state index contributed by atoms with van der Waals surface area (Å²) in [6.07, 6.45) is 0. The van der Waals surface area contributed by atoms with Crippen molar-refractivity contribution in [2.24, 2.45) is 4.99 Å². The van der Waals surface area contributed by atoms with Crippen LogP contribution in [0.4, 0.5) is 10.1 Å². The lowest BCUT2D eigenvalue weighted by atomic mass is 10.1. The van der Waals surface area contributed by atoms with Gasteiger partial charge in [0.05, 0.1) is 5.69 Å². The molecule has 0 saturated heterocycles. The summed E-state index contributed by atoms with van der Waals surface area (Å²) in [4.78, 5) is 4.22. The standard InChI is InChI=1S/C10H11FN2O/c1-6-13-10(5-14-6)7-2-3-9(12)8(11)4-7/h2-4,10H,5,12H2,1H3. The van der Waals surface area contributed by atoms with E-state index < -0.39 is 5.82 Å². The smallest absolute Gasteiger partial charge is 0.180 e. The first-order chi connectivity index (χ1) is 6.66. The third-order valence-corrected chi connectivity index (χ3v) is 2.20. The van der Waals surface area contributed by atoms with Gasteiger partial charge in [0.15, 0.2) is 5.90 Å². The summed E-state index contributed by atoms with van der Waals surface area (Å²) in [5, 5.41) is 0. The summed E-state index contributed by atoms with van der Waals surface area (Å²) < 4.78 is 18.3. The molecule has 1 aromatic carbocycles. The molecule has 1 aliphatic heterocycles. The molecule has 0 radical (unpaired) electrons. The van der Waals surface area contributed by atoms with Crippen LogP contribution in [0.3, 0.4) is 0 Å². The van der Waals surface area contributed by atoms with E-state index in [2.05, 4.69) is 4.99 Å². The summed E-state index contributed by atoms with van der Waals surface area (Å²) in [5.74, 6) is 0.245. The van der Waals surface area contributed by atoms with Crippen molar-refractivity contribution in [1.29, 1.82) is 0 Å². The molecule has 1 atom stereocenters. The quantitative estimate of drug-likeness (QED) is 0.694. The minimum absolute atomic E-state index is 0.0925. The van der Waals surface area contributed by atoms with Gasteiger partial charge in [0.25, 0.3) is 0 Å². The number of hydrogen-bond donors (Lipinski definition) is 1. The second-order valence-electron chi connectivity index (χ2n) is 3.26. The number of rotatable bonds is 1. The van der Waals surface area contributed by atoms with Gasteiger partial charge in [-0.15, -0.1) is 0 Å². The van der Waals surface area contributed by atoms with Crippen molar-refractivity contribution in [3.05, 3.63) is 29.6 Å². The Balaban J connectivity index is 2.29. The lowest BCUT2D eigenvalue weighted by Gasteiger charge is -2.06. The van der Waals surface area contributed by atoms with Gasteiger partial charge in [-0.1, -0.05) is 6.07 Å². The average Bonchev–Trinajstić information content (AvgIpc) is 2.57. The van der Waals surface area contributed by atoms with Crippen molar-refractivity contribution >= 4 is 11.6 Å². The molecule has 1 aliphatic rings. The molecule has 14 heavy (non-hydrogen) atoms. The highest BCUT2D eigenvalue weighted by Gasteiger charge is 2.18. The minimum Gasteiger partial charge on any atom is -0.479 e. The SMILES string of the molecule is CC1=NC(c2ccc(N)c(F)c2)CO1. The Hall–Kier alpha value is -1.58. The zero-order valence-corrected chi connectivity index (χ0v) is 7.83. The zero-order valence-electron chi connectivity index (χ0n) is 7.83. The van der Waals surface area contributed by atoms with E-state index in [0.29, 0.717) is 12.5 Å². The van der Waals surface area contributed by atoms with Gasteiger partial charge in [0.2, 0.25) is 0 Å². The second kappa shape index (κ2) is 3.29. The van der Waals surface area contributed by atoms with E-state index in [9.17, 15) is 4.39 Å². The number of benzene rings is 1. The highest BCUT2D eigenvalue weighted by atomic mass is 19.1. The van der Waals surface area contributed by atoms with Crippen LogP contribution < -0.4 is 5.73 Å². The highest BCUT2D eigenvalue weighted by molar-refractivity contribution is 5.75. The Morgan fingerprint density at radius 3 is 2.93 bits per heavy atom. The van der Waals surface area contributed by atoms with E-state index >= 15 is 0 Å². The number of nitrogen functional groups attached to an aromatic ring is 1. The molecule has 74 valence electrons. The first-order valence-corrected chi connectivity index (χ1v) is 4.39. The Bertz CT molecular complexity index is 390. The molecule has 0 spiro atoms. The number of hydrogen-bond acceptors (Lipinski definition) is 3. The predicted octanol–water partition coefficient (Wildman–Crippen LogP) is 1.90. The fraction of sp³-hybridized carbons (Fsp3) is 0.300. The van der Waals surface area contributed by atoms with E-state index in [1.807, 2.05) is 0 Å². The maximum atomic E-state index is 13.1. The minimum atomic E-state index is -0.401. The van der Waals surface area contributed by atoms with E-state index in [1.165, 1.54) is 6.07 Å². The van der Waals surface area contributed by atoms with Gasteiger partial charge in [-0.05, 0) is 17.7 Å². The molecule has 0 saturated carbocycles. The van der Waals surface area contributed by atoms with Gasteiger partial charge in [0, 0.05) is 6.92 Å². The first kappa shape index (κ1) is 8.99. The van der Waals surface area contributed by atoms with Crippen LogP contribution in [0.5, 0.6) is 0 Å². The van der Waals surface area contributed by atoms with E-state index in [0.717, 1.165) is 5.56 Å². The molecule has 0 bridgehead atoms. The van der Waals surface area contributed by atoms with Crippen molar-refractivity contribution in [2.45, 2.75) is 13.0 Å². The first-order valence-electron chi connectivity index (χ1n) is 4.39. The molecule has 0 aliphatic carbocycles. The van der Waals surface area contributed by atoms with Crippen LogP contribution in [0.2, 0.25) is 0 Å². The Morgan fingerprint density at radius 2 is 2.36 bits per heavy atom. The molecule has 2 rings (SSSR count). The van der Waals surface area contributed by atoms with Crippen molar-refractivity contribution < 1.29 is 9.13 Å². The van der Waals surface area contributed by atoms with Crippen LogP contribution in [-0.2, 0) is 4.74 Å². The lowest BCUT2D eigenvalue weighted by molar-refractivity contribution is 0.317. The zero-order chi connectivity index (χ0) is 10.1. The van der Waals surface area contributed by atoms with Crippen LogP contribution in [0.25, 0.3) is 0 Å². The number of ether oxygens (including phenoxy) is 1. The van der Waals surface area contributed by atoms with Crippen molar-refractivity contribution in [3.8, 4) is 0 Å². The summed E-state index contributed by atoms with van der Waals surface area (Å²) in [5.41, 5.74) is 6.33. The number of anilines is 1. The molecule has 2 N–H and O–H groups in total. The van der Waals surface area contributed by atoms with Gasteiger partial charge in [-0.3, -0.25) is 0 Å². The van der Waals surface area contributed by atoms with Crippen LogP contribution in [-0.4, -0.2) is 12.5 Å². The topological polar surface area (TPSA) is 47.6 Å². The largest absolute Gasteiger partial charge is 0.479 e. The predicted molar refractivity (Wildman–Crippen MR) is 52.6 cm³/mol. The maximum Gasteiger partial charge on any atom is 0.180 e. The molecule has 1 unspecified atom stereocenters. The Kier molecular flexibility index (Phi) is 2.11. The summed E-state index contributed by atoms with van der Waals surface area (Å²) in [7, 11) is 0. The third-order valence-electron chi connectivity index (χ3n) is 2.20. The van der Waals surface area contributed by atoms with Gasteiger partial charge in [-0.25, -0.2) is 9.38 Å². The average molecular weight is 194 g/mol. The normalized spacial score (nSPS) is 20.4. The molecule has 1 heterocycles. The van der Waals surface area contributed by atoms with E-state index in [4.69, 9.17) is 10.5 Å². The Morgan fingerprint density at radius 1 is 1.57 bits per heavy atom. The van der Waals surface area contributed by atoms with Crippen molar-refractivity contribution in [3.63, 3.8) is 0 Å². The molecule has 3 nitrogen and oxygen atoms in total. The van der Waals surface area contributed by atoms with Crippen molar-refractivity contribution in [1.82, 2.24) is 0 Å². The monoisotopic (exact) mass is 194 g/mol. The lowest BCUT2D eigenvalue weighted by Crippen LogP contribution is -2.00. The molecule has 0 aromatic heterocycles.